The lowest BCUT2D eigenvalue weighted by atomic mass is 10.2. The zero-order valence-corrected chi connectivity index (χ0v) is 14.2. The van der Waals surface area contributed by atoms with Crippen molar-refractivity contribution in [3.8, 4) is 0 Å². The van der Waals surface area contributed by atoms with Crippen molar-refractivity contribution in [3.63, 3.8) is 0 Å². The van der Waals surface area contributed by atoms with Crippen molar-refractivity contribution in [1.82, 2.24) is 0 Å². The first kappa shape index (κ1) is 19.1. The molecule has 10 heteroatoms. The van der Waals surface area contributed by atoms with Crippen molar-refractivity contribution >= 4 is 33.3 Å². The molecule has 0 unspecified atom stereocenters. The van der Waals surface area contributed by atoms with Gasteiger partial charge in [0.2, 0.25) is 0 Å². The average Bonchev–Trinajstić information content (AvgIpc) is 2.53. The number of carbonyl (C=O) groups is 1. The molecule has 0 aliphatic rings. The number of halogens is 4. The molecular formula is C15H11ClF3NO4S. The van der Waals surface area contributed by atoms with E-state index in [1.807, 2.05) is 0 Å². The van der Waals surface area contributed by atoms with E-state index in [-0.39, 0.29) is 16.3 Å². The summed E-state index contributed by atoms with van der Waals surface area (Å²) in [4.78, 5) is 11.1. The Kier molecular flexibility index (Phi) is 5.28. The molecule has 2 rings (SSSR count). The van der Waals surface area contributed by atoms with Gasteiger partial charge in [-0.15, -0.1) is 0 Å². The predicted octanol–water partition coefficient (Wildman–Crippen LogP) is 3.95. The van der Waals surface area contributed by atoms with E-state index in [1.54, 1.807) is 0 Å². The van der Waals surface area contributed by atoms with Gasteiger partial charge in [-0.2, -0.15) is 13.2 Å². The minimum Gasteiger partial charge on any atom is -0.465 e. The van der Waals surface area contributed by atoms with E-state index in [9.17, 15) is 26.4 Å². The number of methoxy groups -OCH3 is 1. The Morgan fingerprint density at radius 2 is 1.84 bits per heavy atom. The summed E-state index contributed by atoms with van der Waals surface area (Å²) in [5, 5.41) is 0.120. The minimum absolute atomic E-state index is 0.120. The van der Waals surface area contributed by atoms with Crippen molar-refractivity contribution in [2.24, 2.45) is 0 Å². The van der Waals surface area contributed by atoms with Gasteiger partial charge in [-0.05, 0) is 36.4 Å². The zero-order valence-electron chi connectivity index (χ0n) is 12.6. The quantitative estimate of drug-likeness (QED) is 0.798. The van der Waals surface area contributed by atoms with Gasteiger partial charge in [0.1, 0.15) is 0 Å². The molecule has 0 aromatic heterocycles. The van der Waals surface area contributed by atoms with Crippen LogP contribution in [-0.4, -0.2) is 21.5 Å². The molecule has 0 atom stereocenters. The summed E-state index contributed by atoms with van der Waals surface area (Å²) in [5.41, 5.74) is -1.46. The molecule has 5 nitrogen and oxygen atoms in total. The molecule has 0 saturated carbocycles. The topological polar surface area (TPSA) is 72.5 Å². The average molecular weight is 394 g/mol. The van der Waals surface area contributed by atoms with E-state index in [2.05, 4.69) is 9.46 Å². The summed E-state index contributed by atoms with van der Waals surface area (Å²) in [5.74, 6) is -0.835. The molecule has 0 spiro atoms. The molecule has 0 saturated heterocycles. The van der Waals surface area contributed by atoms with Gasteiger partial charge < -0.3 is 4.74 Å². The maximum atomic E-state index is 12.8. The first-order valence-corrected chi connectivity index (χ1v) is 8.48. The third-order valence-corrected chi connectivity index (χ3v) is 4.70. The number of carbonyl (C=O) groups excluding carboxylic acids is 1. The van der Waals surface area contributed by atoms with Crippen molar-refractivity contribution < 1.29 is 31.1 Å². The Morgan fingerprint density at radius 3 is 2.44 bits per heavy atom. The van der Waals surface area contributed by atoms with Gasteiger partial charge in [-0.3, -0.25) is 4.72 Å². The monoisotopic (exact) mass is 393 g/mol. The molecule has 0 heterocycles. The fourth-order valence-electron chi connectivity index (χ4n) is 1.93. The smallest absolute Gasteiger partial charge is 0.416 e. The highest BCUT2D eigenvalue weighted by atomic mass is 35.5. The molecule has 25 heavy (non-hydrogen) atoms. The van der Waals surface area contributed by atoms with Crippen LogP contribution in [0.25, 0.3) is 0 Å². The van der Waals surface area contributed by atoms with Crippen LogP contribution < -0.4 is 4.72 Å². The fourth-order valence-corrected chi connectivity index (χ4v) is 3.22. The third kappa shape index (κ3) is 4.43. The van der Waals surface area contributed by atoms with Crippen molar-refractivity contribution in [2.45, 2.75) is 11.1 Å². The highest BCUT2D eigenvalue weighted by Crippen LogP contribution is 2.31. The summed E-state index contributed by atoms with van der Waals surface area (Å²) in [6.07, 6.45) is -4.70. The Balaban J connectivity index is 2.47. The second kappa shape index (κ2) is 6.93. The lowest BCUT2D eigenvalue weighted by Gasteiger charge is -2.13. The number of anilines is 1. The molecule has 0 radical (unpaired) electrons. The van der Waals surface area contributed by atoms with Crippen LogP contribution in [0.2, 0.25) is 5.02 Å². The Bertz CT molecular complexity index is 913. The molecule has 134 valence electrons. The standard InChI is InChI=1S/C15H11ClF3NO4S/c1-24-14(21)12-6-5-10(16)8-13(12)20-25(22,23)11-4-2-3-9(7-11)15(17,18)19/h2-8,20H,1H3. The van der Waals surface area contributed by atoms with Crippen LogP contribution in [0, 0.1) is 0 Å². The van der Waals surface area contributed by atoms with Crippen LogP contribution in [0.4, 0.5) is 18.9 Å². The SMILES string of the molecule is COC(=O)c1ccc(Cl)cc1NS(=O)(=O)c1cccc(C(F)(F)F)c1. The van der Waals surface area contributed by atoms with E-state index in [4.69, 9.17) is 11.6 Å². The number of nitrogens with one attached hydrogen (secondary N) is 1. The fraction of sp³-hybridized carbons (Fsp3) is 0.133. The number of rotatable bonds is 4. The van der Waals surface area contributed by atoms with Gasteiger partial charge in [-0.1, -0.05) is 17.7 Å². The number of alkyl halides is 3. The second-order valence-corrected chi connectivity index (χ2v) is 6.93. The Labute approximate surface area is 146 Å². The molecule has 0 bridgehead atoms. The summed E-state index contributed by atoms with van der Waals surface area (Å²) >= 11 is 5.79. The molecule has 2 aromatic rings. The highest BCUT2D eigenvalue weighted by Gasteiger charge is 2.32. The minimum atomic E-state index is -4.70. The molecule has 0 fully saturated rings. The summed E-state index contributed by atoms with van der Waals surface area (Å²) < 4.78 is 69.6. The third-order valence-electron chi connectivity index (χ3n) is 3.10. The van der Waals surface area contributed by atoms with Crippen LogP contribution in [0.15, 0.2) is 47.4 Å². The van der Waals surface area contributed by atoms with Crippen molar-refractivity contribution in [2.75, 3.05) is 11.8 Å². The molecular weight excluding hydrogens is 383 g/mol. The van der Waals surface area contributed by atoms with Crippen molar-refractivity contribution in [1.29, 1.82) is 0 Å². The number of esters is 1. The lowest BCUT2D eigenvalue weighted by molar-refractivity contribution is -0.137. The Morgan fingerprint density at radius 1 is 1.16 bits per heavy atom. The summed E-state index contributed by atoms with van der Waals surface area (Å²) in [6.45, 7) is 0. The van der Waals surface area contributed by atoms with Crippen LogP contribution in [0.5, 0.6) is 0 Å². The van der Waals surface area contributed by atoms with Gasteiger partial charge in [0, 0.05) is 5.02 Å². The number of hydrogen-bond acceptors (Lipinski definition) is 4. The maximum Gasteiger partial charge on any atom is 0.416 e. The van der Waals surface area contributed by atoms with Gasteiger partial charge in [0.05, 0.1) is 28.8 Å². The van der Waals surface area contributed by atoms with Gasteiger partial charge in [0.25, 0.3) is 10.0 Å². The molecule has 1 N–H and O–H groups in total. The molecule has 0 aliphatic heterocycles. The first-order valence-electron chi connectivity index (χ1n) is 6.62. The molecule has 2 aromatic carbocycles. The predicted molar refractivity (Wildman–Crippen MR) is 85.0 cm³/mol. The molecule has 0 amide bonds. The van der Waals surface area contributed by atoms with E-state index >= 15 is 0 Å². The number of ether oxygens (including phenoxy) is 1. The summed E-state index contributed by atoms with van der Waals surface area (Å²) in [7, 11) is -3.29. The first-order chi connectivity index (χ1) is 11.5. The van der Waals surface area contributed by atoms with E-state index in [0.717, 1.165) is 31.4 Å². The van der Waals surface area contributed by atoms with E-state index < -0.39 is 32.6 Å². The highest BCUT2D eigenvalue weighted by molar-refractivity contribution is 7.92. The van der Waals surface area contributed by atoms with Gasteiger partial charge >= 0.3 is 12.1 Å². The van der Waals surface area contributed by atoms with Gasteiger partial charge in [-0.25, -0.2) is 13.2 Å². The summed E-state index contributed by atoms with van der Waals surface area (Å²) in [6, 6.07) is 6.94. The van der Waals surface area contributed by atoms with Gasteiger partial charge in [0.15, 0.2) is 0 Å². The van der Waals surface area contributed by atoms with Crippen LogP contribution >= 0.6 is 11.6 Å². The Hall–Kier alpha value is -2.26. The van der Waals surface area contributed by atoms with Crippen LogP contribution in [0.1, 0.15) is 15.9 Å². The van der Waals surface area contributed by atoms with Crippen molar-refractivity contribution in [3.05, 3.63) is 58.6 Å². The van der Waals surface area contributed by atoms with Crippen LogP contribution in [0.3, 0.4) is 0 Å². The normalized spacial score (nSPS) is 11.9. The number of sulfonamides is 1. The maximum absolute atomic E-state index is 12.8. The number of hydrogen-bond donors (Lipinski definition) is 1. The van der Waals surface area contributed by atoms with E-state index in [0.29, 0.717) is 6.07 Å². The second-order valence-electron chi connectivity index (χ2n) is 4.81. The lowest BCUT2D eigenvalue weighted by Crippen LogP contribution is -2.17. The largest absolute Gasteiger partial charge is 0.465 e. The zero-order chi connectivity index (χ0) is 18.8. The molecule has 0 aliphatic carbocycles. The van der Waals surface area contributed by atoms with E-state index in [1.165, 1.54) is 12.1 Å². The number of benzene rings is 2. The van der Waals surface area contributed by atoms with Crippen LogP contribution in [-0.2, 0) is 20.9 Å².